The van der Waals surface area contributed by atoms with Gasteiger partial charge in [0.25, 0.3) is 5.91 Å². The van der Waals surface area contributed by atoms with E-state index in [0.717, 1.165) is 5.56 Å². The van der Waals surface area contributed by atoms with E-state index in [0.29, 0.717) is 23.7 Å². The van der Waals surface area contributed by atoms with Gasteiger partial charge in [0.2, 0.25) is 5.91 Å². The Labute approximate surface area is 115 Å². The fourth-order valence-electron chi connectivity index (χ4n) is 2.50. The first-order chi connectivity index (χ1) is 9.03. The number of carbonyl (C=O) groups excluding carboxylic acids is 2. The summed E-state index contributed by atoms with van der Waals surface area (Å²) in [6, 6.07) is 5.10. The van der Waals surface area contributed by atoms with Gasteiger partial charge in [-0.15, -0.1) is 0 Å². The van der Waals surface area contributed by atoms with Crippen LogP contribution in [-0.4, -0.2) is 23.9 Å². The van der Waals surface area contributed by atoms with E-state index in [-0.39, 0.29) is 18.2 Å². The van der Waals surface area contributed by atoms with Crippen LogP contribution < -0.4 is 4.90 Å². The molecule has 1 aromatic carbocycles. The van der Waals surface area contributed by atoms with Crippen molar-refractivity contribution in [1.82, 2.24) is 0 Å². The first-order valence-electron chi connectivity index (χ1n) is 6.06. The highest BCUT2D eigenvalue weighted by molar-refractivity contribution is 6.31. The summed E-state index contributed by atoms with van der Waals surface area (Å²) in [6.45, 7) is 2.34. The largest absolute Gasteiger partial charge is 0.274 e. The Morgan fingerprint density at radius 1 is 1.37 bits per heavy atom. The number of azo groups is 1. The molecule has 2 heterocycles. The standard InChI is InChI=1S/C13H12ClN3O2/c1-8-6-9(2-3-10(8)14)17-11(18)7-13(12(17)19)4-5-15-16-13/h2-3,6H,4-5,7H2,1H3. The van der Waals surface area contributed by atoms with Crippen molar-refractivity contribution in [3.8, 4) is 0 Å². The van der Waals surface area contributed by atoms with E-state index in [9.17, 15) is 9.59 Å². The Morgan fingerprint density at radius 3 is 2.79 bits per heavy atom. The van der Waals surface area contributed by atoms with Crippen molar-refractivity contribution < 1.29 is 9.59 Å². The normalized spacial score (nSPS) is 25.9. The molecule has 98 valence electrons. The van der Waals surface area contributed by atoms with Gasteiger partial charge >= 0.3 is 0 Å². The zero-order valence-corrected chi connectivity index (χ0v) is 11.1. The Kier molecular flexibility index (Phi) is 2.67. The second-order valence-electron chi connectivity index (χ2n) is 4.89. The number of nitrogens with zero attached hydrogens (tertiary/aromatic N) is 3. The van der Waals surface area contributed by atoms with Crippen molar-refractivity contribution in [3.63, 3.8) is 0 Å². The van der Waals surface area contributed by atoms with Gasteiger partial charge in [-0.1, -0.05) is 11.6 Å². The van der Waals surface area contributed by atoms with Gasteiger partial charge in [0, 0.05) is 11.4 Å². The number of aryl methyl sites for hydroxylation is 1. The van der Waals surface area contributed by atoms with Gasteiger partial charge in [-0.05, 0) is 30.7 Å². The molecule has 6 heteroatoms. The molecule has 1 saturated heterocycles. The Morgan fingerprint density at radius 2 is 2.16 bits per heavy atom. The van der Waals surface area contributed by atoms with E-state index in [1.165, 1.54) is 4.90 Å². The van der Waals surface area contributed by atoms with Gasteiger partial charge in [-0.25, -0.2) is 4.90 Å². The lowest BCUT2D eigenvalue weighted by molar-refractivity contribution is -0.122. The predicted molar refractivity (Wildman–Crippen MR) is 70.4 cm³/mol. The third-order valence-electron chi connectivity index (χ3n) is 3.58. The number of benzene rings is 1. The van der Waals surface area contributed by atoms with Crippen LogP contribution >= 0.6 is 11.6 Å². The Balaban J connectivity index is 2.01. The molecule has 2 aliphatic heterocycles. The van der Waals surface area contributed by atoms with Crippen LogP contribution in [0.4, 0.5) is 5.69 Å². The average molecular weight is 278 g/mol. The number of halogens is 1. The van der Waals surface area contributed by atoms with Gasteiger partial charge in [0.1, 0.15) is 0 Å². The summed E-state index contributed by atoms with van der Waals surface area (Å²) in [5.74, 6) is -0.506. The molecule has 1 aromatic rings. The Hall–Kier alpha value is -1.75. The number of imide groups is 1. The van der Waals surface area contributed by atoms with Gasteiger partial charge < -0.3 is 0 Å². The summed E-state index contributed by atoms with van der Waals surface area (Å²) < 4.78 is 0. The smallest absolute Gasteiger partial charge is 0.264 e. The van der Waals surface area contributed by atoms with E-state index in [1.54, 1.807) is 18.2 Å². The summed E-state index contributed by atoms with van der Waals surface area (Å²) in [6.07, 6.45) is 0.623. The third-order valence-corrected chi connectivity index (χ3v) is 4.01. The SMILES string of the molecule is Cc1cc(N2C(=O)CC3(CCN=N3)C2=O)ccc1Cl. The maximum atomic E-state index is 12.5. The number of hydrogen-bond donors (Lipinski definition) is 0. The number of amides is 2. The molecular weight excluding hydrogens is 266 g/mol. The highest BCUT2D eigenvalue weighted by Crippen LogP contribution is 2.38. The minimum Gasteiger partial charge on any atom is -0.274 e. The monoisotopic (exact) mass is 277 g/mol. The molecule has 0 aliphatic carbocycles. The van der Waals surface area contributed by atoms with E-state index < -0.39 is 5.54 Å². The van der Waals surface area contributed by atoms with Crippen molar-refractivity contribution in [2.75, 3.05) is 11.4 Å². The zero-order valence-electron chi connectivity index (χ0n) is 10.4. The molecule has 1 atom stereocenters. The maximum absolute atomic E-state index is 12.5. The summed E-state index contributed by atoms with van der Waals surface area (Å²) in [5.41, 5.74) is 0.426. The van der Waals surface area contributed by atoms with E-state index in [4.69, 9.17) is 11.6 Å². The molecule has 5 nitrogen and oxygen atoms in total. The lowest BCUT2D eigenvalue weighted by Crippen LogP contribution is -2.38. The van der Waals surface area contributed by atoms with Crippen molar-refractivity contribution in [3.05, 3.63) is 28.8 Å². The van der Waals surface area contributed by atoms with Gasteiger partial charge in [0.15, 0.2) is 5.54 Å². The van der Waals surface area contributed by atoms with Crippen molar-refractivity contribution in [2.24, 2.45) is 10.2 Å². The van der Waals surface area contributed by atoms with Crippen LogP contribution in [0.5, 0.6) is 0 Å². The highest BCUT2D eigenvalue weighted by atomic mass is 35.5. The second-order valence-corrected chi connectivity index (χ2v) is 5.30. The molecule has 0 saturated carbocycles. The van der Waals surface area contributed by atoms with Gasteiger partial charge in [0.05, 0.1) is 18.7 Å². The van der Waals surface area contributed by atoms with Crippen molar-refractivity contribution in [2.45, 2.75) is 25.3 Å². The van der Waals surface area contributed by atoms with Crippen molar-refractivity contribution in [1.29, 1.82) is 0 Å². The lowest BCUT2D eigenvalue weighted by atomic mass is 9.96. The Bertz CT molecular complexity index is 614. The quantitative estimate of drug-likeness (QED) is 0.741. The molecule has 0 N–H and O–H groups in total. The van der Waals surface area contributed by atoms with Crippen LogP contribution in [0.25, 0.3) is 0 Å². The number of carbonyl (C=O) groups is 2. The molecule has 1 unspecified atom stereocenters. The maximum Gasteiger partial charge on any atom is 0.264 e. The fourth-order valence-corrected chi connectivity index (χ4v) is 2.62. The summed E-state index contributed by atoms with van der Waals surface area (Å²) in [7, 11) is 0. The van der Waals surface area contributed by atoms with Crippen LogP contribution in [0.3, 0.4) is 0 Å². The van der Waals surface area contributed by atoms with Gasteiger partial charge in [-0.3, -0.25) is 9.59 Å². The molecule has 2 amide bonds. The molecule has 1 fully saturated rings. The second kappa shape index (κ2) is 4.13. The van der Waals surface area contributed by atoms with Crippen LogP contribution in [0.15, 0.2) is 28.4 Å². The number of anilines is 1. The number of hydrogen-bond acceptors (Lipinski definition) is 4. The first kappa shape index (κ1) is 12.3. The zero-order chi connectivity index (χ0) is 13.6. The highest BCUT2D eigenvalue weighted by Gasteiger charge is 2.54. The third kappa shape index (κ3) is 1.76. The predicted octanol–water partition coefficient (Wildman–Crippen LogP) is 2.51. The van der Waals surface area contributed by atoms with E-state index >= 15 is 0 Å². The first-order valence-corrected chi connectivity index (χ1v) is 6.43. The number of rotatable bonds is 1. The summed E-state index contributed by atoms with van der Waals surface area (Å²) in [4.78, 5) is 25.8. The average Bonchev–Trinajstić information content (AvgIpc) is 2.91. The molecule has 1 spiro atoms. The van der Waals surface area contributed by atoms with E-state index in [1.807, 2.05) is 6.92 Å². The van der Waals surface area contributed by atoms with Crippen LogP contribution in [0.1, 0.15) is 18.4 Å². The van der Waals surface area contributed by atoms with Crippen LogP contribution in [0.2, 0.25) is 5.02 Å². The molecule has 19 heavy (non-hydrogen) atoms. The molecule has 0 bridgehead atoms. The minimum absolute atomic E-state index is 0.108. The molecule has 0 radical (unpaired) electrons. The molecule has 0 aromatic heterocycles. The summed E-state index contributed by atoms with van der Waals surface area (Å²) >= 11 is 5.96. The topological polar surface area (TPSA) is 62.1 Å². The fraction of sp³-hybridized carbons (Fsp3) is 0.385. The summed E-state index contributed by atoms with van der Waals surface area (Å²) in [5, 5.41) is 8.48. The lowest BCUT2D eigenvalue weighted by Gasteiger charge is -2.18. The van der Waals surface area contributed by atoms with Gasteiger partial charge in [-0.2, -0.15) is 10.2 Å². The molecule has 3 rings (SSSR count). The molecular formula is C13H12ClN3O2. The minimum atomic E-state index is -0.954. The van der Waals surface area contributed by atoms with Crippen LogP contribution in [-0.2, 0) is 9.59 Å². The van der Waals surface area contributed by atoms with E-state index in [2.05, 4.69) is 10.2 Å². The van der Waals surface area contributed by atoms with Crippen LogP contribution in [0, 0.1) is 6.92 Å². The molecule has 2 aliphatic rings. The van der Waals surface area contributed by atoms with Crippen molar-refractivity contribution >= 4 is 29.1 Å².